The van der Waals surface area contributed by atoms with Gasteiger partial charge in [-0.25, -0.2) is 0 Å². The van der Waals surface area contributed by atoms with Gasteiger partial charge in [0.25, 0.3) is 0 Å². The lowest BCUT2D eigenvalue weighted by Crippen LogP contribution is -2.00. The summed E-state index contributed by atoms with van der Waals surface area (Å²) >= 11 is 3.39. The standard InChI is InChI=1S/C21H16OS2/c1-13-9-14(2)11-16(10-13)23-15-7-8-20-18(12-15)21(22)17-5-3-4-6-19(17)24-20/h3-12H,1-2H3. The molecule has 1 heterocycles. The van der Waals surface area contributed by atoms with E-state index in [9.17, 15) is 4.79 Å². The number of rotatable bonds is 2. The fourth-order valence-electron chi connectivity index (χ4n) is 2.97. The first-order valence-corrected chi connectivity index (χ1v) is 9.45. The predicted molar refractivity (Wildman–Crippen MR) is 106 cm³/mol. The number of hydrogen-bond donors (Lipinski definition) is 0. The molecule has 0 bridgehead atoms. The number of benzene rings is 3. The summed E-state index contributed by atoms with van der Waals surface area (Å²) in [5, 5.41) is 1.62. The van der Waals surface area contributed by atoms with Crippen molar-refractivity contribution in [3.63, 3.8) is 0 Å². The van der Waals surface area contributed by atoms with Gasteiger partial charge in [-0.1, -0.05) is 30.0 Å². The monoisotopic (exact) mass is 348 g/mol. The van der Waals surface area contributed by atoms with Crippen molar-refractivity contribution in [1.29, 1.82) is 0 Å². The molecule has 0 unspecified atom stereocenters. The van der Waals surface area contributed by atoms with E-state index < -0.39 is 0 Å². The summed E-state index contributed by atoms with van der Waals surface area (Å²) in [5.41, 5.74) is 2.65. The van der Waals surface area contributed by atoms with Gasteiger partial charge in [0.2, 0.25) is 0 Å². The van der Waals surface area contributed by atoms with Crippen molar-refractivity contribution >= 4 is 43.3 Å². The van der Waals surface area contributed by atoms with Crippen LogP contribution in [0.15, 0.2) is 75.2 Å². The zero-order valence-corrected chi connectivity index (χ0v) is 15.1. The van der Waals surface area contributed by atoms with Crippen molar-refractivity contribution in [2.45, 2.75) is 23.6 Å². The summed E-state index contributed by atoms with van der Waals surface area (Å²) in [6, 6.07) is 20.6. The third kappa shape index (κ3) is 2.85. The third-order valence-electron chi connectivity index (χ3n) is 3.98. The molecular formula is C21H16OS2. The van der Waals surface area contributed by atoms with Gasteiger partial charge in [0.05, 0.1) is 0 Å². The van der Waals surface area contributed by atoms with E-state index in [1.54, 1.807) is 23.1 Å². The second-order valence-electron chi connectivity index (χ2n) is 6.01. The van der Waals surface area contributed by atoms with Gasteiger partial charge in [-0.2, -0.15) is 0 Å². The summed E-state index contributed by atoms with van der Waals surface area (Å²) in [6.07, 6.45) is 0. The van der Waals surface area contributed by atoms with Crippen LogP contribution in [0.25, 0.3) is 20.2 Å². The highest BCUT2D eigenvalue weighted by molar-refractivity contribution is 7.99. The Labute approximate surface area is 149 Å². The topological polar surface area (TPSA) is 17.1 Å². The van der Waals surface area contributed by atoms with Crippen LogP contribution in [-0.4, -0.2) is 0 Å². The van der Waals surface area contributed by atoms with Gasteiger partial charge >= 0.3 is 0 Å². The van der Waals surface area contributed by atoms with Gasteiger partial charge in [0, 0.05) is 30.0 Å². The molecule has 0 saturated heterocycles. The molecule has 1 nitrogen and oxygen atoms in total. The van der Waals surface area contributed by atoms with Crippen molar-refractivity contribution in [1.82, 2.24) is 0 Å². The number of aryl methyl sites for hydroxylation is 2. The number of fused-ring (bicyclic) bond motifs is 2. The minimum absolute atomic E-state index is 0.127. The molecule has 118 valence electrons. The molecule has 0 saturated carbocycles. The predicted octanol–water partition coefficient (Wildman–Crippen LogP) is 6.18. The molecule has 1 aromatic heterocycles. The number of hydrogen-bond acceptors (Lipinski definition) is 3. The van der Waals surface area contributed by atoms with Gasteiger partial charge in [0.15, 0.2) is 5.43 Å². The molecule has 0 N–H and O–H groups in total. The van der Waals surface area contributed by atoms with E-state index in [4.69, 9.17) is 0 Å². The zero-order chi connectivity index (χ0) is 16.7. The summed E-state index contributed by atoms with van der Waals surface area (Å²) < 4.78 is 2.09. The van der Waals surface area contributed by atoms with Crippen LogP contribution in [0.3, 0.4) is 0 Å². The van der Waals surface area contributed by atoms with Gasteiger partial charge < -0.3 is 0 Å². The van der Waals surface area contributed by atoms with Crippen LogP contribution >= 0.6 is 23.1 Å². The Balaban J connectivity index is 1.84. The normalized spacial score (nSPS) is 11.2. The molecule has 0 atom stereocenters. The molecule has 0 spiro atoms. The van der Waals surface area contributed by atoms with Gasteiger partial charge in [-0.05, 0) is 67.4 Å². The fourth-order valence-corrected chi connectivity index (χ4v) is 5.10. The van der Waals surface area contributed by atoms with E-state index in [-0.39, 0.29) is 5.43 Å². The minimum Gasteiger partial charge on any atom is -0.289 e. The highest BCUT2D eigenvalue weighted by Crippen LogP contribution is 2.32. The zero-order valence-electron chi connectivity index (χ0n) is 13.5. The Kier molecular flexibility index (Phi) is 3.91. The molecule has 0 radical (unpaired) electrons. The first-order chi connectivity index (χ1) is 11.6. The lowest BCUT2D eigenvalue weighted by molar-refractivity contribution is 1.29. The molecule has 4 rings (SSSR count). The van der Waals surface area contributed by atoms with Crippen molar-refractivity contribution in [2.24, 2.45) is 0 Å². The van der Waals surface area contributed by atoms with E-state index >= 15 is 0 Å². The Morgan fingerprint density at radius 1 is 0.750 bits per heavy atom. The van der Waals surface area contributed by atoms with E-state index in [0.717, 1.165) is 25.1 Å². The molecule has 0 amide bonds. The van der Waals surface area contributed by atoms with Gasteiger partial charge in [0.1, 0.15) is 0 Å². The van der Waals surface area contributed by atoms with Crippen molar-refractivity contribution in [3.05, 3.63) is 82.0 Å². The van der Waals surface area contributed by atoms with Gasteiger partial charge in [-0.15, -0.1) is 11.3 Å². The molecule has 0 fully saturated rings. The summed E-state index contributed by atoms with van der Waals surface area (Å²) in [4.78, 5) is 15.1. The summed E-state index contributed by atoms with van der Waals surface area (Å²) in [7, 11) is 0. The van der Waals surface area contributed by atoms with E-state index in [1.807, 2.05) is 30.3 Å². The Morgan fingerprint density at radius 2 is 1.46 bits per heavy atom. The molecule has 4 aromatic rings. The van der Waals surface area contributed by atoms with E-state index in [2.05, 4.69) is 44.2 Å². The highest BCUT2D eigenvalue weighted by atomic mass is 32.2. The lowest BCUT2D eigenvalue weighted by Gasteiger charge is -2.06. The molecular weight excluding hydrogens is 332 g/mol. The van der Waals surface area contributed by atoms with Crippen LogP contribution in [-0.2, 0) is 0 Å². The van der Waals surface area contributed by atoms with Crippen LogP contribution < -0.4 is 5.43 Å². The first-order valence-electron chi connectivity index (χ1n) is 7.82. The maximum Gasteiger partial charge on any atom is 0.195 e. The van der Waals surface area contributed by atoms with Crippen LogP contribution in [0, 0.1) is 13.8 Å². The van der Waals surface area contributed by atoms with E-state index in [1.165, 1.54) is 16.0 Å². The van der Waals surface area contributed by atoms with Crippen LogP contribution in [0.1, 0.15) is 11.1 Å². The third-order valence-corrected chi connectivity index (χ3v) is 6.09. The Hall–Kier alpha value is -2.10. The highest BCUT2D eigenvalue weighted by Gasteiger charge is 2.07. The average Bonchev–Trinajstić information content (AvgIpc) is 2.55. The molecule has 24 heavy (non-hydrogen) atoms. The minimum atomic E-state index is 0.127. The van der Waals surface area contributed by atoms with Crippen LogP contribution in [0.2, 0.25) is 0 Å². The largest absolute Gasteiger partial charge is 0.289 e. The van der Waals surface area contributed by atoms with Crippen LogP contribution in [0.5, 0.6) is 0 Å². The SMILES string of the molecule is Cc1cc(C)cc(Sc2ccc3sc4ccccc4c(=O)c3c2)c1. The van der Waals surface area contributed by atoms with Crippen LogP contribution in [0.4, 0.5) is 0 Å². The van der Waals surface area contributed by atoms with Crippen molar-refractivity contribution < 1.29 is 0 Å². The fraction of sp³-hybridized carbons (Fsp3) is 0.0952. The smallest absolute Gasteiger partial charge is 0.195 e. The second kappa shape index (κ2) is 6.08. The quantitative estimate of drug-likeness (QED) is 0.402. The van der Waals surface area contributed by atoms with Gasteiger partial charge in [-0.3, -0.25) is 4.79 Å². The summed E-state index contributed by atoms with van der Waals surface area (Å²) in [6.45, 7) is 4.22. The second-order valence-corrected chi connectivity index (χ2v) is 8.24. The molecule has 0 aliphatic rings. The van der Waals surface area contributed by atoms with Crippen molar-refractivity contribution in [2.75, 3.05) is 0 Å². The lowest BCUT2D eigenvalue weighted by atomic mass is 10.2. The molecule has 3 aromatic carbocycles. The first kappa shape index (κ1) is 15.4. The molecule has 3 heteroatoms. The average molecular weight is 348 g/mol. The molecule has 0 aliphatic heterocycles. The Bertz CT molecular complexity index is 1110. The molecule has 0 aliphatic carbocycles. The maximum atomic E-state index is 12.8. The Morgan fingerprint density at radius 3 is 2.25 bits per heavy atom. The summed E-state index contributed by atoms with van der Waals surface area (Å²) in [5.74, 6) is 0. The maximum absolute atomic E-state index is 12.8. The van der Waals surface area contributed by atoms with Crippen molar-refractivity contribution in [3.8, 4) is 0 Å². The van der Waals surface area contributed by atoms with E-state index in [0.29, 0.717) is 0 Å².